The van der Waals surface area contributed by atoms with Crippen molar-refractivity contribution in [2.75, 3.05) is 0 Å². The van der Waals surface area contributed by atoms with Gasteiger partial charge in [0.15, 0.2) is 5.82 Å². The second-order valence-corrected chi connectivity index (χ2v) is 12.9. The molecule has 52 heavy (non-hydrogen) atoms. The summed E-state index contributed by atoms with van der Waals surface area (Å²) < 4.78 is 32.6. The largest absolute Gasteiger partial charge is 0.307 e. The van der Waals surface area contributed by atoms with Crippen LogP contribution in [0.15, 0.2) is 170 Å². The molecule has 0 unspecified atom stereocenters. The molecule has 7 aromatic carbocycles. The number of para-hydroxylation sites is 3. The number of hydrogen-bond donors (Lipinski definition) is 0. The molecule has 0 spiro atoms. The summed E-state index contributed by atoms with van der Waals surface area (Å²) in [6.07, 6.45) is 0. The van der Waals surface area contributed by atoms with Crippen molar-refractivity contribution in [2.45, 2.75) is 0 Å². The van der Waals surface area contributed by atoms with Crippen molar-refractivity contribution >= 4 is 43.6 Å². The summed E-state index contributed by atoms with van der Waals surface area (Å²) in [6, 6.07) is 54.8. The highest BCUT2D eigenvalue weighted by Gasteiger charge is 2.22. The summed E-state index contributed by atoms with van der Waals surface area (Å²) in [5, 5.41) is 4.52. The first-order valence-electron chi connectivity index (χ1n) is 17.1. The van der Waals surface area contributed by atoms with E-state index < -0.39 is 0 Å². The van der Waals surface area contributed by atoms with Crippen LogP contribution in [-0.2, 0) is 0 Å². The monoisotopic (exact) mass is 674 g/mol. The minimum atomic E-state index is -0.322. The Morgan fingerprint density at radius 1 is 0.365 bits per heavy atom. The standard InChI is InChI=1S/C46H28F2N4/c47-32-20-15-29(16-21-32)40-28-41(30-17-22-33(48)23-18-30)50-46(49-40)31-19-26-43-39(27-31)38-25-24-37-36-13-7-8-14-42(36)51(34-9-3-1-4-10-34)44(37)45(38)52(43)35-11-5-2-6-12-35/h1-28H. The van der Waals surface area contributed by atoms with Crippen LogP contribution in [0.25, 0.3) is 88.9 Å². The van der Waals surface area contributed by atoms with Gasteiger partial charge in [-0.1, -0.05) is 66.7 Å². The minimum Gasteiger partial charge on any atom is -0.307 e. The lowest BCUT2D eigenvalue weighted by atomic mass is 10.0. The second kappa shape index (κ2) is 11.9. The molecule has 0 aliphatic carbocycles. The predicted molar refractivity (Wildman–Crippen MR) is 207 cm³/mol. The maximum atomic E-state index is 13.9. The highest BCUT2D eigenvalue weighted by atomic mass is 19.1. The fourth-order valence-electron chi connectivity index (χ4n) is 7.49. The minimum absolute atomic E-state index is 0.322. The van der Waals surface area contributed by atoms with Gasteiger partial charge in [0.05, 0.1) is 33.5 Å². The Morgan fingerprint density at radius 2 is 0.827 bits per heavy atom. The molecule has 10 aromatic rings. The Morgan fingerprint density at radius 3 is 1.38 bits per heavy atom. The van der Waals surface area contributed by atoms with E-state index >= 15 is 0 Å². The number of fused-ring (bicyclic) bond motifs is 7. The summed E-state index contributed by atoms with van der Waals surface area (Å²) in [7, 11) is 0. The van der Waals surface area contributed by atoms with E-state index in [0.29, 0.717) is 17.2 Å². The molecule has 0 amide bonds. The highest BCUT2D eigenvalue weighted by Crippen LogP contribution is 2.42. The van der Waals surface area contributed by atoms with E-state index in [2.05, 4.69) is 112 Å². The van der Waals surface area contributed by atoms with Crippen LogP contribution < -0.4 is 0 Å². The molecule has 0 fully saturated rings. The fraction of sp³-hybridized carbons (Fsp3) is 0. The summed E-state index contributed by atoms with van der Waals surface area (Å²) in [5.41, 5.74) is 10.2. The average molecular weight is 675 g/mol. The lowest BCUT2D eigenvalue weighted by molar-refractivity contribution is 0.627. The molecule has 3 heterocycles. The number of aromatic nitrogens is 4. The normalized spacial score (nSPS) is 11.7. The lowest BCUT2D eigenvalue weighted by Crippen LogP contribution is -1.98. The van der Waals surface area contributed by atoms with Crippen LogP contribution in [0.2, 0.25) is 0 Å². The van der Waals surface area contributed by atoms with Crippen molar-refractivity contribution < 1.29 is 8.78 Å². The van der Waals surface area contributed by atoms with Gasteiger partial charge in [0, 0.05) is 49.6 Å². The zero-order valence-electron chi connectivity index (χ0n) is 27.7. The van der Waals surface area contributed by atoms with Gasteiger partial charge in [-0.2, -0.15) is 0 Å². The maximum absolute atomic E-state index is 13.9. The smallest absolute Gasteiger partial charge is 0.160 e. The van der Waals surface area contributed by atoms with Gasteiger partial charge in [0.25, 0.3) is 0 Å². The molecular formula is C46H28F2N4. The van der Waals surface area contributed by atoms with Crippen molar-refractivity contribution in [3.8, 4) is 45.3 Å². The van der Waals surface area contributed by atoms with Crippen molar-refractivity contribution in [3.05, 3.63) is 181 Å². The molecule has 0 radical (unpaired) electrons. The zero-order chi connectivity index (χ0) is 34.8. The van der Waals surface area contributed by atoms with Crippen molar-refractivity contribution in [3.63, 3.8) is 0 Å². The van der Waals surface area contributed by atoms with Gasteiger partial charge in [-0.3, -0.25) is 0 Å². The van der Waals surface area contributed by atoms with Gasteiger partial charge in [-0.05, 0) is 103 Å². The molecule has 6 heteroatoms. The Labute approximate surface area is 297 Å². The van der Waals surface area contributed by atoms with Crippen LogP contribution in [-0.4, -0.2) is 19.1 Å². The molecule has 0 atom stereocenters. The molecule has 4 nitrogen and oxygen atoms in total. The second-order valence-electron chi connectivity index (χ2n) is 12.9. The van der Waals surface area contributed by atoms with E-state index in [-0.39, 0.29) is 11.6 Å². The Balaban J connectivity index is 1.28. The third-order valence-electron chi connectivity index (χ3n) is 9.85. The summed E-state index contributed by atoms with van der Waals surface area (Å²) in [4.78, 5) is 10.0. The molecule has 246 valence electrons. The van der Waals surface area contributed by atoms with Gasteiger partial charge >= 0.3 is 0 Å². The third kappa shape index (κ3) is 4.80. The maximum Gasteiger partial charge on any atom is 0.160 e. The van der Waals surface area contributed by atoms with E-state index in [4.69, 9.17) is 9.97 Å². The summed E-state index contributed by atoms with van der Waals surface area (Å²) in [5.74, 6) is -0.127. The Kier molecular flexibility index (Phi) is 6.83. The topological polar surface area (TPSA) is 35.6 Å². The van der Waals surface area contributed by atoms with Gasteiger partial charge in [-0.25, -0.2) is 18.7 Å². The van der Waals surface area contributed by atoms with Crippen LogP contribution in [0.1, 0.15) is 0 Å². The van der Waals surface area contributed by atoms with Gasteiger partial charge < -0.3 is 9.13 Å². The summed E-state index contributed by atoms with van der Waals surface area (Å²) >= 11 is 0. The molecule has 10 rings (SSSR count). The van der Waals surface area contributed by atoms with E-state index in [0.717, 1.165) is 60.9 Å². The Hall–Kier alpha value is -6.92. The summed E-state index contributed by atoms with van der Waals surface area (Å²) in [6.45, 7) is 0. The molecule has 0 saturated carbocycles. The van der Waals surface area contributed by atoms with Crippen molar-refractivity contribution in [1.82, 2.24) is 19.1 Å². The molecule has 3 aromatic heterocycles. The molecule has 0 aliphatic rings. The van der Waals surface area contributed by atoms with Crippen LogP contribution >= 0.6 is 0 Å². The highest BCUT2D eigenvalue weighted by molar-refractivity contribution is 6.24. The zero-order valence-corrected chi connectivity index (χ0v) is 27.7. The number of benzene rings is 7. The predicted octanol–water partition coefficient (Wildman–Crippen LogP) is 11.9. The number of rotatable bonds is 5. The first-order chi connectivity index (χ1) is 25.6. The lowest BCUT2D eigenvalue weighted by Gasteiger charge is -2.12. The van der Waals surface area contributed by atoms with Crippen LogP contribution in [0.4, 0.5) is 8.78 Å². The average Bonchev–Trinajstić information content (AvgIpc) is 3.72. The van der Waals surface area contributed by atoms with Gasteiger partial charge in [-0.15, -0.1) is 0 Å². The SMILES string of the molecule is Fc1ccc(-c2cc(-c3ccc(F)cc3)nc(-c3ccc4c(c3)c3ccc5c6ccccc6n(-c6ccccc6)c5c3n4-c3ccccc3)n2)cc1. The van der Waals surface area contributed by atoms with Gasteiger partial charge in [0.1, 0.15) is 11.6 Å². The van der Waals surface area contributed by atoms with E-state index in [9.17, 15) is 8.78 Å². The number of hydrogen-bond acceptors (Lipinski definition) is 2. The fourth-order valence-corrected chi connectivity index (χ4v) is 7.49. The van der Waals surface area contributed by atoms with Crippen molar-refractivity contribution in [1.29, 1.82) is 0 Å². The van der Waals surface area contributed by atoms with Crippen LogP contribution in [0, 0.1) is 11.6 Å². The third-order valence-corrected chi connectivity index (χ3v) is 9.85. The molecule has 0 N–H and O–H groups in total. The quantitative estimate of drug-likeness (QED) is 0.182. The Bertz CT molecular complexity index is 2880. The first kappa shape index (κ1) is 29.9. The first-order valence-corrected chi connectivity index (χ1v) is 17.1. The van der Waals surface area contributed by atoms with Gasteiger partial charge in [0.2, 0.25) is 0 Å². The number of halogens is 2. The van der Waals surface area contributed by atoms with Crippen LogP contribution in [0.5, 0.6) is 0 Å². The number of nitrogens with zero attached hydrogens (tertiary/aromatic N) is 4. The van der Waals surface area contributed by atoms with E-state index in [1.54, 1.807) is 24.3 Å². The van der Waals surface area contributed by atoms with Crippen LogP contribution in [0.3, 0.4) is 0 Å². The molecule has 0 aliphatic heterocycles. The van der Waals surface area contributed by atoms with E-state index in [1.807, 2.05) is 18.2 Å². The molecular weight excluding hydrogens is 647 g/mol. The molecule has 0 saturated heterocycles. The van der Waals surface area contributed by atoms with E-state index in [1.165, 1.54) is 35.0 Å². The molecule has 0 bridgehead atoms. The van der Waals surface area contributed by atoms with Crippen molar-refractivity contribution in [2.24, 2.45) is 0 Å².